The van der Waals surface area contributed by atoms with E-state index in [2.05, 4.69) is 31.1 Å². The molecule has 22 heavy (non-hydrogen) atoms. The van der Waals surface area contributed by atoms with E-state index in [1.165, 1.54) is 4.68 Å². The lowest BCUT2D eigenvalue weighted by atomic mass is 10.0. The van der Waals surface area contributed by atoms with Gasteiger partial charge >= 0.3 is 0 Å². The first-order chi connectivity index (χ1) is 10.3. The van der Waals surface area contributed by atoms with Gasteiger partial charge in [-0.05, 0) is 56.4 Å². The fraction of sp³-hybridized carbons (Fsp3) is 0.444. The molecule has 2 aromatic rings. The SMILES string of the molecule is Cc1ccc(C(C)C)c(OCC(=O)n2nc(C)c(C)c2C)c1. The van der Waals surface area contributed by atoms with Gasteiger partial charge in [-0.3, -0.25) is 4.79 Å². The molecule has 0 spiro atoms. The Balaban J connectivity index is 2.18. The van der Waals surface area contributed by atoms with Crippen molar-refractivity contribution >= 4 is 5.91 Å². The summed E-state index contributed by atoms with van der Waals surface area (Å²) < 4.78 is 7.23. The lowest BCUT2D eigenvalue weighted by Gasteiger charge is -2.14. The van der Waals surface area contributed by atoms with Crippen molar-refractivity contribution in [1.82, 2.24) is 9.78 Å². The third-order valence-electron chi connectivity index (χ3n) is 4.03. The number of carbonyl (C=O) groups is 1. The molecule has 0 aliphatic carbocycles. The van der Waals surface area contributed by atoms with Crippen molar-refractivity contribution in [2.45, 2.75) is 47.5 Å². The molecule has 118 valence electrons. The normalized spacial score (nSPS) is 11.0. The quantitative estimate of drug-likeness (QED) is 0.858. The molecule has 0 atom stereocenters. The van der Waals surface area contributed by atoms with Crippen molar-refractivity contribution in [3.63, 3.8) is 0 Å². The number of ether oxygens (including phenoxy) is 1. The van der Waals surface area contributed by atoms with Crippen molar-refractivity contribution in [3.05, 3.63) is 46.3 Å². The van der Waals surface area contributed by atoms with Crippen molar-refractivity contribution in [2.75, 3.05) is 6.61 Å². The zero-order chi connectivity index (χ0) is 16.4. The molecule has 1 heterocycles. The van der Waals surface area contributed by atoms with Gasteiger partial charge in [-0.25, -0.2) is 4.68 Å². The summed E-state index contributed by atoms with van der Waals surface area (Å²) in [5.74, 6) is 0.980. The predicted molar refractivity (Wildman–Crippen MR) is 87.8 cm³/mol. The molecular formula is C18H24N2O2. The van der Waals surface area contributed by atoms with Gasteiger partial charge in [-0.1, -0.05) is 26.0 Å². The zero-order valence-electron chi connectivity index (χ0n) is 14.2. The van der Waals surface area contributed by atoms with E-state index >= 15 is 0 Å². The molecule has 4 heteroatoms. The molecule has 0 aliphatic heterocycles. The van der Waals surface area contributed by atoms with Crippen LogP contribution in [0.4, 0.5) is 0 Å². The molecule has 0 fully saturated rings. The second-order valence-electron chi connectivity index (χ2n) is 6.09. The molecule has 0 saturated heterocycles. The highest BCUT2D eigenvalue weighted by Crippen LogP contribution is 2.27. The number of rotatable bonds is 4. The highest BCUT2D eigenvalue weighted by Gasteiger charge is 2.15. The zero-order valence-corrected chi connectivity index (χ0v) is 14.2. The average Bonchev–Trinajstić information content (AvgIpc) is 2.72. The minimum atomic E-state index is -0.148. The van der Waals surface area contributed by atoms with Crippen LogP contribution in [0, 0.1) is 27.7 Å². The van der Waals surface area contributed by atoms with Crippen LogP contribution in [-0.2, 0) is 0 Å². The number of hydrogen-bond donors (Lipinski definition) is 0. The Bertz CT molecular complexity index is 699. The summed E-state index contributed by atoms with van der Waals surface area (Å²) in [6, 6.07) is 6.11. The Morgan fingerprint density at radius 3 is 2.45 bits per heavy atom. The molecule has 0 radical (unpaired) electrons. The van der Waals surface area contributed by atoms with Crippen LogP contribution in [0.15, 0.2) is 18.2 Å². The van der Waals surface area contributed by atoms with Crippen molar-refractivity contribution in [3.8, 4) is 5.75 Å². The van der Waals surface area contributed by atoms with E-state index in [1.54, 1.807) is 0 Å². The van der Waals surface area contributed by atoms with Crippen LogP contribution in [0.25, 0.3) is 0 Å². The summed E-state index contributed by atoms with van der Waals surface area (Å²) in [7, 11) is 0. The number of aryl methyl sites for hydroxylation is 2. The van der Waals surface area contributed by atoms with E-state index in [0.29, 0.717) is 5.92 Å². The molecule has 0 aliphatic rings. The van der Waals surface area contributed by atoms with Gasteiger partial charge in [-0.2, -0.15) is 5.10 Å². The summed E-state index contributed by atoms with van der Waals surface area (Å²) in [4.78, 5) is 12.3. The summed E-state index contributed by atoms with van der Waals surface area (Å²) in [5, 5.41) is 4.28. The molecule has 0 bridgehead atoms. The van der Waals surface area contributed by atoms with E-state index in [-0.39, 0.29) is 12.5 Å². The molecule has 0 unspecified atom stereocenters. The second-order valence-corrected chi connectivity index (χ2v) is 6.09. The highest BCUT2D eigenvalue weighted by molar-refractivity contribution is 5.80. The molecule has 0 amide bonds. The topological polar surface area (TPSA) is 44.1 Å². The number of benzene rings is 1. The van der Waals surface area contributed by atoms with Gasteiger partial charge in [-0.15, -0.1) is 0 Å². The summed E-state index contributed by atoms with van der Waals surface area (Å²) in [6.45, 7) is 12.0. The van der Waals surface area contributed by atoms with E-state index < -0.39 is 0 Å². The van der Waals surface area contributed by atoms with Gasteiger partial charge in [0.1, 0.15) is 5.75 Å². The van der Waals surface area contributed by atoms with Gasteiger partial charge in [0.15, 0.2) is 6.61 Å². The summed E-state index contributed by atoms with van der Waals surface area (Å²) >= 11 is 0. The second kappa shape index (κ2) is 6.34. The molecule has 2 rings (SSSR count). The van der Waals surface area contributed by atoms with Gasteiger partial charge in [0.2, 0.25) is 0 Å². The van der Waals surface area contributed by atoms with Crippen LogP contribution in [0.3, 0.4) is 0 Å². The molecule has 0 saturated carbocycles. The van der Waals surface area contributed by atoms with Crippen LogP contribution in [0.1, 0.15) is 52.6 Å². The van der Waals surface area contributed by atoms with Crippen molar-refractivity contribution in [2.24, 2.45) is 0 Å². The van der Waals surface area contributed by atoms with E-state index in [1.807, 2.05) is 33.8 Å². The van der Waals surface area contributed by atoms with Crippen LogP contribution in [-0.4, -0.2) is 22.3 Å². The lowest BCUT2D eigenvalue weighted by Crippen LogP contribution is -2.22. The Labute approximate surface area is 132 Å². The van der Waals surface area contributed by atoms with Crippen LogP contribution in [0.5, 0.6) is 5.75 Å². The van der Waals surface area contributed by atoms with Gasteiger partial charge < -0.3 is 4.74 Å². The summed E-state index contributed by atoms with van der Waals surface area (Å²) in [5.41, 5.74) is 5.03. The lowest BCUT2D eigenvalue weighted by molar-refractivity contribution is 0.0817. The maximum absolute atomic E-state index is 12.3. The Morgan fingerprint density at radius 1 is 1.23 bits per heavy atom. The fourth-order valence-corrected chi connectivity index (χ4v) is 2.41. The van der Waals surface area contributed by atoms with Gasteiger partial charge in [0, 0.05) is 5.69 Å². The van der Waals surface area contributed by atoms with Crippen molar-refractivity contribution in [1.29, 1.82) is 0 Å². The number of aromatic nitrogens is 2. The minimum Gasteiger partial charge on any atom is -0.483 e. The molecule has 4 nitrogen and oxygen atoms in total. The number of carbonyl (C=O) groups excluding carboxylic acids is 1. The predicted octanol–water partition coefficient (Wildman–Crippen LogP) is 3.96. The largest absolute Gasteiger partial charge is 0.483 e. The average molecular weight is 300 g/mol. The maximum atomic E-state index is 12.3. The third kappa shape index (κ3) is 3.21. The number of nitrogens with zero attached hydrogens (tertiary/aromatic N) is 2. The molecule has 0 N–H and O–H groups in total. The van der Waals surface area contributed by atoms with E-state index in [0.717, 1.165) is 33.8 Å². The first-order valence-corrected chi connectivity index (χ1v) is 7.60. The fourth-order valence-electron chi connectivity index (χ4n) is 2.41. The molecular weight excluding hydrogens is 276 g/mol. The van der Waals surface area contributed by atoms with Gasteiger partial charge in [0.25, 0.3) is 5.91 Å². The standard InChI is InChI=1S/C18H24N2O2/c1-11(2)16-8-7-12(3)9-17(16)22-10-18(21)20-15(6)13(4)14(5)19-20/h7-9,11H,10H2,1-6H3. The Morgan fingerprint density at radius 2 is 1.91 bits per heavy atom. The van der Waals surface area contributed by atoms with Crippen LogP contribution >= 0.6 is 0 Å². The van der Waals surface area contributed by atoms with Crippen LogP contribution < -0.4 is 4.74 Å². The Kier molecular flexibility index (Phi) is 4.69. The smallest absolute Gasteiger partial charge is 0.284 e. The highest BCUT2D eigenvalue weighted by atomic mass is 16.5. The molecule has 1 aromatic heterocycles. The first-order valence-electron chi connectivity index (χ1n) is 7.60. The minimum absolute atomic E-state index is 0.00935. The summed E-state index contributed by atoms with van der Waals surface area (Å²) in [6.07, 6.45) is 0. The van der Waals surface area contributed by atoms with E-state index in [9.17, 15) is 4.79 Å². The Hall–Kier alpha value is -2.10. The van der Waals surface area contributed by atoms with Crippen LogP contribution in [0.2, 0.25) is 0 Å². The third-order valence-corrected chi connectivity index (χ3v) is 4.03. The first kappa shape index (κ1) is 16.3. The van der Waals surface area contributed by atoms with E-state index in [4.69, 9.17) is 4.74 Å². The van der Waals surface area contributed by atoms with Crippen molar-refractivity contribution < 1.29 is 9.53 Å². The maximum Gasteiger partial charge on any atom is 0.284 e. The molecule has 1 aromatic carbocycles. The number of hydrogen-bond acceptors (Lipinski definition) is 3. The monoisotopic (exact) mass is 300 g/mol. The van der Waals surface area contributed by atoms with Gasteiger partial charge in [0.05, 0.1) is 5.69 Å².